The molecule has 0 radical (unpaired) electrons. The van der Waals surface area contributed by atoms with Crippen LogP contribution in [0.3, 0.4) is 0 Å². The molecular formula is C38H37ClF2N6O6S. The van der Waals surface area contributed by atoms with Crippen LogP contribution in [-0.4, -0.2) is 51.8 Å². The Bertz CT molecular complexity index is 2570. The molecule has 1 amide bonds. The second-order valence-corrected chi connectivity index (χ2v) is 16.1. The van der Waals surface area contributed by atoms with E-state index in [4.69, 9.17) is 21.3 Å². The average molecular weight is 779 g/mol. The standard InChI is InChI=1S/C38H37ClF2N6O6S/c1-38(2,3)23-8-11-27-29(19-23)42-35(30(43-37(49)50)18-22-16-24(40)20-25(41)17-22)47(36(27)48)31-13-12-28(39)32-33(31)46(4)44-34(32)45-54(51,52)15-14-21-6-9-26(53-5)10-7-21/h6-13,16-17,19-20,30,43H,14-15,18H2,1-5H3,(H,44,45)(H,49,50)/t30-/m0/s1. The topological polar surface area (TPSA) is 157 Å². The van der Waals surface area contributed by atoms with Gasteiger partial charge in [0.05, 0.1) is 51.4 Å². The van der Waals surface area contributed by atoms with Gasteiger partial charge in [0.2, 0.25) is 10.0 Å². The molecule has 3 N–H and O–H groups in total. The van der Waals surface area contributed by atoms with Crippen molar-refractivity contribution in [2.45, 2.75) is 45.1 Å². The third-order valence-electron chi connectivity index (χ3n) is 8.96. The van der Waals surface area contributed by atoms with Gasteiger partial charge in [0.1, 0.15) is 23.2 Å². The number of aromatic nitrogens is 4. The van der Waals surface area contributed by atoms with Gasteiger partial charge in [-0.3, -0.25) is 18.8 Å². The van der Waals surface area contributed by atoms with Gasteiger partial charge >= 0.3 is 6.09 Å². The van der Waals surface area contributed by atoms with Crippen molar-refractivity contribution in [3.8, 4) is 11.4 Å². The van der Waals surface area contributed by atoms with E-state index < -0.39 is 39.4 Å². The summed E-state index contributed by atoms with van der Waals surface area (Å²) in [6.07, 6.45) is -1.58. The number of aryl methyl sites for hydroxylation is 2. The van der Waals surface area contributed by atoms with E-state index in [0.717, 1.165) is 23.3 Å². The monoisotopic (exact) mass is 778 g/mol. The van der Waals surface area contributed by atoms with Crippen LogP contribution in [0.1, 0.15) is 49.3 Å². The minimum Gasteiger partial charge on any atom is -0.497 e. The highest BCUT2D eigenvalue weighted by atomic mass is 35.5. The van der Waals surface area contributed by atoms with Crippen LogP contribution in [0.4, 0.5) is 19.4 Å². The summed E-state index contributed by atoms with van der Waals surface area (Å²) in [5.41, 5.74) is 1.42. The van der Waals surface area contributed by atoms with Crippen molar-refractivity contribution in [2.24, 2.45) is 7.05 Å². The second-order valence-electron chi connectivity index (χ2n) is 13.9. The van der Waals surface area contributed by atoms with Crippen LogP contribution in [0.25, 0.3) is 27.5 Å². The molecule has 0 bridgehead atoms. The molecule has 282 valence electrons. The maximum atomic E-state index is 14.6. The summed E-state index contributed by atoms with van der Waals surface area (Å²) < 4.78 is 65.7. The Morgan fingerprint density at radius 1 is 1.00 bits per heavy atom. The van der Waals surface area contributed by atoms with Crippen molar-refractivity contribution in [2.75, 3.05) is 17.6 Å². The molecule has 6 aromatic rings. The molecule has 1 atom stereocenters. The molecule has 54 heavy (non-hydrogen) atoms. The highest BCUT2D eigenvalue weighted by molar-refractivity contribution is 7.92. The Hall–Kier alpha value is -5.54. The van der Waals surface area contributed by atoms with Gasteiger partial charge in [0.15, 0.2) is 5.82 Å². The maximum Gasteiger partial charge on any atom is 0.405 e. The summed E-state index contributed by atoms with van der Waals surface area (Å²) in [7, 11) is -0.912. The van der Waals surface area contributed by atoms with E-state index in [-0.39, 0.29) is 73.7 Å². The molecule has 2 heterocycles. The summed E-state index contributed by atoms with van der Waals surface area (Å²) in [6, 6.07) is 16.7. The summed E-state index contributed by atoms with van der Waals surface area (Å²) in [5.74, 6) is -1.58. The van der Waals surface area contributed by atoms with Crippen LogP contribution in [-0.2, 0) is 35.3 Å². The van der Waals surface area contributed by atoms with E-state index >= 15 is 0 Å². The fraction of sp³-hybridized carbons (Fsp3) is 0.263. The van der Waals surface area contributed by atoms with E-state index in [9.17, 15) is 31.9 Å². The lowest BCUT2D eigenvalue weighted by Gasteiger charge is -2.24. The van der Waals surface area contributed by atoms with Gasteiger partial charge in [-0.05, 0) is 77.1 Å². The smallest absolute Gasteiger partial charge is 0.405 e. The van der Waals surface area contributed by atoms with Crippen LogP contribution in [0.15, 0.2) is 77.6 Å². The number of benzene rings is 4. The Kier molecular flexibility index (Phi) is 10.4. The fourth-order valence-corrected chi connectivity index (χ4v) is 7.60. The number of ether oxygens (including phenoxy) is 1. The van der Waals surface area contributed by atoms with Crippen LogP contribution < -0.4 is 20.3 Å². The van der Waals surface area contributed by atoms with Crippen LogP contribution in [0, 0.1) is 11.6 Å². The highest BCUT2D eigenvalue weighted by Crippen LogP contribution is 2.36. The van der Waals surface area contributed by atoms with Gasteiger partial charge in [-0.25, -0.2) is 27.0 Å². The molecule has 0 aliphatic rings. The third-order valence-corrected chi connectivity index (χ3v) is 10.5. The predicted octanol–water partition coefficient (Wildman–Crippen LogP) is 7.05. The number of nitrogens with one attached hydrogen (secondary N) is 2. The lowest BCUT2D eigenvalue weighted by molar-refractivity contribution is 0.189. The van der Waals surface area contributed by atoms with E-state index in [2.05, 4.69) is 15.1 Å². The predicted molar refractivity (Wildman–Crippen MR) is 203 cm³/mol. The summed E-state index contributed by atoms with van der Waals surface area (Å²) in [6.45, 7) is 5.96. The average Bonchev–Trinajstić information content (AvgIpc) is 3.41. The van der Waals surface area contributed by atoms with E-state index in [1.807, 2.05) is 20.8 Å². The number of anilines is 1. The van der Waals surface area contributed by atoms with Crippen LogP contribution in [0.2, 0.25) is 5.02 Å². The molecule has 0 spiro atoms. The molecule has 12 nitrogen and oxygen atoms in total. The number of carbonyl (C=O) groups is 1. The second kappa shape index (κ2) is 14.7. The lowest BCUT2D eigenvalue weighted by atomic mass is 9.86. The Morgan fingerprint density at radius 2 is 1.69 bits per heavy atom. The van der Waals surface area contributed by atoms with E-state index in [1.165, 1.54) is 35.5 Å². The number of hydrogen-bond acceptors (Lipinski definition) is 7. The molecule has 6 rings (SSSR count). The van der Waals surface area contributed by atoms with Gasteiger partial charge < -0.3 is 15.2 Å². The number of hydrogen-bond donors (Lipinski definition) is 3. The number of halogens is 3. The molecule has 0 aliphatic heterocycles. The van der Waals surface area contributed by atoms with Crippen LogP contribution in [0.5, 0.6) is 5.75 Å². The number of amides is 1. The first-order chi connectivity index (χ1) is 25.4. The highest BCUT2D eigenvalue weighted by Gasteiger charge is 2.28. The van der Waals surface area contributed by atoms with Crippen molar-refractivity contribution in [1.29, 1.82) is 0 Å². The number of fused-ring (bicyclic) bond motifs is 2. The van der Waals surface area contributed by atoms with Crippen molar-refractivity contribution < 1.29 is 31.8 Å². The first kappa shape index (κ1) is 38.2. The van der Waals surface area contributed by atoms with Crippen LogP contribution >= 0.6 is 11.6 Å². The van der Waals surface area contributed by atoms with Gasteiger partial charge in [0.25, 0.3) is 5.56 Å². The SMILES string of the molecule is COc1ccc(CCS(=O)(=O)Nc2nn(C)c3c(-n4c([C@H](Cc5cc(F)cc(F)c5)NC(=O)O)nc5cc(C(C)(C)C)ccc5c4=O)ccc(Cl)c23)cc1. The van der Waals surface area contributed by atoms with E-state index in [0.29, 0.717) is 11.8 Å². The van der Waals surface area contributed by atoms with Crippen molar-refractivity contribution in [3.63, 3.8) is 0 Å². The first-order valence-electron chi connectivity index (χ1n) is 16.7. The van der Waals surface area contributed by atoms with Gasteiger partial charge in [-0.1, -0.05) is 50.6 Å². The molecule has 0 unspecified atom stereocenters. The maximum absolute atomic E-state index is 14.6. The number of rotatable bonds is 11. The summed E-state index contributed by atoms with van der Waals surface area (Å²) in [5, 5.41) is 17.2. The lowest BCUT2D eigenvalue weighted by Crippen LogP contribution is -2.35. The molecule has 16 heteroatoms. The zero-order chi connectivity index (χ0) is 39.1. The van der Waals surface area contributed by atoms with Gasteiger partial charge in [-0.2, -0.15) is 5.10 Å². The molecule has 2 aromatic heterocycles. The van der Waals surface area contributed by atoms with Crippen molar-refractivity contribution >= 4 is 55.3 Å². The molecule has 0 fully saturated rings. The number of methoxy groups -OCH3 is 1. The fourth-order valence-electron chi connectivity index (χ4n) is 6.31. The Labute approximate surface area is 314 Å². The Morgan fingerprint density at radius 3 is 2.31 bits per heavy atom. The minimum atomic E-state index is -3.98. The summed E-state index contributed by atoms with van der Waals surface area (Å²) >= 11 is 6.70. The van der Waals surface area contributed by atoms with Gasteiger partial charge in [-0.15, -0.1) is 0 Å². The minimum absolute atomic E-state index is 0.0947. The molecule has 4 aromatic carbocycles. The molecular weight excluding hydrogens is 742 g/mol. The first-order valence-corrected chi connectivity index (χ1v) is 18.8. The quantitative estimate of drug-likeness (QED) is 0.126. The van der Waals surface area contributed by atoms with E-state index in [1.54, 1.807) is 42.5 Å². The molecule has 0 saturated heterocycles. The number of carboxylic acid groups (broad SMARTS) is 1. The molecule has 0 aliphatic carbocycles. The van der Waals surface area contributed by atoms with Gasteiger partial charge in [0, 0.05) is 19.5 Å². The summed E-state index contributed by atoms with van der Waals surface area (Å²) in [4.78, 5) is 31.7. The normalized spacial score (nSPS) is 12.6. The van der Waals surface area contributed by atoms with Crippen molar-refractivity contribution in [1.82, 2.24) is 24.6 Å². The largest absolute Gasteiger partial charge is 0.497 e. The third kappa shape index (κ3) is 8.01. The number of sulfonamides is 1. The zero-order valence-electron chi connectivity index (χ0n) is 29.9. The zero-order valence-corrected chi connectivity index (χ0v) is 31.5. The Balaban J connectivity index is 1.53. The number of nitrogens with zero attached hydrogens (tertiary/aromatic N) is 4. The van der Waals surface area contributed by atoms with Crippen molar-refractivity contribution in [3.05, 3.63) is 122 Å². The molecule has 0 saturated carbocycles.